The molecule has 0 fully saturated rings. The molecule has 2 atom stereocenters. The van der Waals surface area contributed by atoms with E-state index in [1.807, 2.05) is 36.4 Å². The van der Waals surface area contributed by atoms with E-state index in [2.05, 4.69) is 0 Å². The fraction of sp³-hybridized carbons (Fsp3) is 0.409. The zero-order valence-electron chi connectivity index (χ0n) is 15.5. The topological polar surface area (TPSA) is 55.8 Å². The summed E-state index contributed by atoms with van der Waals surface area (Å²) in [6.45, 7) is 3.55. The summed E-state index contributed by atoms with van der Waals surface area (Å²) in [5, 5.41) is 9.01. The molecule has 0 bridgehead atoms. The van der Waals surface area contributed by atoms with Gasteiger partial charge in [-0.05, 0) is 49.4 Å². The lowest BCUT2D eigenvalue weighted by Gasteiger charge is -2.20. The first-order valence-electron chi connectivity index (χ1n) is 9.29. The van der Waals surface area contributed by atoms with E-state index >= 15 is 0 Å². The van der Waals surface area contributed by atoms with Crippen molar-refractivity contribution in [2.75, 3.05) is 6.61 Å². The largest absolute Gasteiger partial charge is 0.492 e. The van der Waals surface area contributed by atoms with Crippen molar-refractivity contribution in [3.05, 3.63) is 58.7 Å². The summed E-state index contributed by atoms with van der Waals surface area (Å²) >= 11 is 0. The first-order chi connectivity index (χ1) is 12.8. The average Bonchev–Trinajstić information content (AvgIpc) is 3.18. The fourth-order valence-corrected chi connectivity index (χ4v) is 4.17. The Labute approximate surface area is 157 Å². The minimum atomic E-state index is -1.37. The van der Waals surface area contributed by atoms with Crippen molar-refractivity contribution in [3.63, 3.8) is 0 Å². The molecule has 142 valence electrons. The van der Waals surface area contributed by atoms with Crippen LogP contribution < -0.4 is 9.47 Å². The molecule has 1 heterocycles. The number of fused-ring (bicyclic) bond motifs is 2. The zero-order chi connectivity index (χ0) is 19.2. The average molecular weight is 370 g/mol. The molecule has 2 unspecified atom stereocenters. The van der Waals surface area contributed by atoms with E-state index in [9.17, 15) is 9.18 Å². The molecule has 0 spiro atoms. The van der Waals surface area contributed by atoms with Gasteiger partial charge in [0, 0.05) is 17.5 Å². The molecular weight excluding hydrogens is 347 g/mol. The number of carbonyl (C=O) groups is 1. The number of ether oxygens (including phenoxy) is 2. The molecule has 0 amide bonds. The van der Waals surface area contributed by atoms with Crippen LogP contribution in [-0.2, 0) is 16.9 Å². The summed E-state index contributed by atoms with van der Waals surface area (Å²) in [6, 6.07) is 11.3. The quantitative estimate of drug-likeness (QED) is 0.813. The number of carboxylic acids is 1. The standard InChI is InChI=1S/C22H23FO4/c1-22(2,23)18-5-3-4-17-16(18)8-9-19(17)27-14-6-7-15-13(10-21(24)25)12-26-20(15)11-14/h3-7,11,13,19H,8-10,12H2,1-2H3,(H,24,25). The van der Waals surface area contributed by atoms with Gasteiger partial charge in [-0.1, -0.05) is 24.3 Å². The molecule has 2 aromatic carbocycles. The van der Waals surface area contributed by atoms with Crippen LogP contribution in [0.15, 0.2) is 36.4 Å². The Morgan fingerprint density at radius 3 is 2.85 bits per heavy atom. The van der Waals surface area contributed by atoms with Gasteiger partial charge in [0.25, 0.3) is 0 Å². The van der Waals surface area contributed by atoms with E-state index in [1.165, 1.54) is 0 Å². The summed E-state index contributed by atoms with van der Waals surface area (Å²) < 4.78 is 26.4. The normalized spacial score (nSPS) is 20.7. The van der Waals surface area contributed by atoms with Crippen LogP contribution >= 0.6 is 0 Å². The second kappa shape index (κ2) is 6.55. The third-order valence-corrected chi connectivity index (χ3v) is 5.42. The predicted octanol–water partition coefficient (Wildman–Crippen LogP) is 4.91. The van der Waals surface area contributed by atoms with Gasteiger partial charge in [-0.15, -0.1) is 0 Å². The van der Waals surface area contributed by atoms with Crippen LogP contribution in [-0.4, -0.2) is 17.7 Å². The second-order valence-electron chi connectivity index (χ2n) is 7.80. The van der Waals surface area contributed by atoms with Crippen molar-refractivity contribution in [2.24, 2.45) is 0 Å². The molecule has 1 aliphatic heterocycles. The summed E-state index contributed by atoms with van der Waals surface area (Å²) in [4.78, 5) is 11.0. The molecule has 5 heteroatoms. The summed E-state index contributed by atoms with van der Waals surface area (Å²) in [7, 11) is 0. The van der Waals surface area contributed by atoms with Gasteiger partial charge in [-0.25, -0.2) is 4.39 Å². The van der Waals surface area contributed by atoms with E-state index < -0.39 is 11.6 Å². The van der Waals surface area contributed by atoms with Gasteiger partial charge in [0.2, 0.25) is 0 Å². The van der Waals surface area contributed by atoms with Crippen LogP contribution in [0, 0.1) is 0 Å². The molecule has 1 N–H and O–H groups in total. The lowest BCUT2D eigenvalue weighted by atomic mass is 9.92. The van der Waals surface area contributed by atoms with Crippen molar-refractivity contribution in [3.8, 4) is 11.5 Å². The Bertz CT molecular complexity index is 884. The van der Waals surface area contributed by atoms with Gasteiger partial charge in [0.15, 0.2) is 0 Å². The van der Waals surface area contributed by atoms with Crippen LogP contribution in [0.5, 0.6) is 11.5 Å². The highest BCUT2D eigenvalue weighted by Gasteiger charge is 2.32. The maximum absolute atomic E-state index is 14.5. The van der Waals surface area contributed by atoms with E-state index in [0.717, 1.165) is 35.1 Å². The van der Waals surface area contributed by atoms with Crippen molar-refractivity contribution in [2.45, 2.75) is 50.8 Å². The Morgan fingerprint density at radius 1 is 1.30 bits per heavy atom. The fourth-order valence-electron chi connectivity index (χ4n) is 4.17. The number of alkyl halides is 1. The third kappa shape index (κ3) is 3.38. The van der Waals surface area contributed by atoms with E-state index in [-0.39, 0.29) is 18.4 Å². The lowest BCUT2D eigenvalue weighted by Crippen LogP contribution is -2.12. The highest BCUT2D eigenvalue weighted by molar-refractivity contribution is 5.68. The van der Waals surface area contributed by atoms with Crippen molar-refractivity contribution >= 4 is 5.97 Å². The minimum absolute atomic E-state index is 0.0605. The molecule has 27 heavy (non-hydrogen) atoms. The highest BCUT2D eigenvalue weighted by Crippen LogP contribution is 2.43. The number of carboxylic acid groups (broad SMARTS) is 1. The van der Waals surface area contributed by atoms with Gasteiger partial charge in [0.05, 0.1) is 13.0 Å². The molecule has 4 nitrogen and oxygen atoms in total. The molecule has 0 aromatic heterocycles. The van der Waals surface area contributed by atoms with Crippen LogP contribution in [0.3, 0.4) is 0 Å². The molecule has 2 aliphatic rings. The van der Waals surface area contributed by atoms with Crippen molar-refractivity contribution in [1.29, 1.82) is 0 Å². The molecular formula is C22H23FO4. The molecule has 0 saturated carbocycles. The number of rotatable bonds is 5. The number of halogens is 1. The first-order valence-corrected chi connectivity index (χ1v) is 9.29. The number of benzene rings is 2. The minimum Gasteiger partial charge on any atom is -0.492 e. The predicted molar refractivity (Wildman–Crippen MR) is 99.2 cm³/mol. The monoisotopic (exact) mass is 370 g/mol. The van der Waals surface area contributed by atoms with Crippen LogP contribution in [0.1, 0.15) is 61.0 Å². The van der Waals surface area contributed by atoms with Gasteiger partial charge in [-0.2, -0.15) is 0 Å². The molecule has 0 saturated heterocycles. The Morgan fingerprint density at radius 2 is 2.11 bits per heavy atom. The highest BCUT2D eigenvalue weighted by atomic mass is 19.1. The van der Waals surface area contributed by atoms with Crippen molar-refractivity contribution in [1.82, 2.24) is 0 Å². The lowest BCUT2D eigenvalue weighted by molar-refractivity contribution is -0.137. The molecule has 2 aromatic rings. The Hall–Kier alpha value is -2.56. The van der Waals surface area contributed by atoms with Gasteiger partial charge < -0.3 is 14.6 Å². The van der Waals surface area contributed by atoms with E-state index in [1.54, 1.807) is 13.8 Å². The first kappa shape index (κ1) is 17.8. The third-order valence-electron chi connectivity index (χ3n) is 5.42. The molecule has 0 radical (unpaired) electrons. The van der Waals surface area contributed by atoms with E-state index in [4.69, 9.17) is 14.6 Å². The van der Waals surface area contributed by atoms with E-state index in [0.29, 0.717) is 18.1 Å². The summed E-state index contributed by atoms with van der Waals surface area (Å²) in [5.41, 5.74) is 2.37. The number of aliphatic carboxylic acids is 1. The van der Waals surface area contributed by atoms with Crippen LogP contribution in [0.2, 0.25) is 0 Å². The Balaban J connectivity index is 1.55. The smallest absolute Gasteiger partial charge is 0.304 e. The maximum atomic E-state index is 14.5. The zero-order valence-corrected chi connectivity index (χ0v) is 15.5. The SMILES string of the molecule is CC(C)(F)c1cccc2c1CCC2Oc1ccc2c(c1)OCC2CC(=O)O. The second-order valence-corrected chi connectivity index (χ2v) is 7.80. The number of hydrogen-bond donors (Lipinski definition) is 1. The van der Waals surface area contributed by atoms with Crippen molar-refractivity contribution < 1.29 is 23.8 Å². The summed E-state index contributed by atoms with van der Waals surface area (Å²) in [5.74, 6) is 0.433. The summed E-state index contributed by atoms with van der Waals surface area (Å²) in [6.07, 6.45) is 1.55. The van der Waals surface area contributed by atoms with Gasteiger partial charge >= 0.3 is 5.97 Å². The van der Waals surface area contributed by atoms with Gasteiger partial charge in [-0.3, -0.25) is 4.79 Å². The van der Waals surface area contributed by atoms with Gasteiger partial charge in [0.1, 0.15) is 23.3 Å². The van der Waals surface area contributed by atoms with Crippen LogP contribution in [0.25, 0.3) is 0 Å². The molecule has 4 rings (SSSR count). The molecule has 1 aliphatic carbocycles. The number of hydrogen-bond acceptors (Lipinski definition) is 3. The van der Waals surface area contributed by atoms with Crippen LogP contribution in [0.4, 0.5) is 4.39 Å². The Kier molecular flexibility index (Phi) is 4.33. The maximum Gasteiger partial charge on any atom is 0.304 e.